The first-order valence-corrected chi connectivity index (χ1v) is 9.70. The highest BCUT2D eigenvalue weighted by Crippen LogP contribution is 2.45. The van der Waals surface area contributed by atoms with Gasteiger partial charge >= 0.3 is 0 Å². The monoisotopic (exact) mass is 365 g/mol. The van der Waals surface area contributed by atoms with Crippen molar-refractivity contribution in [3.63, 3.8) is 0 Å². The molecule has 27 heavy (non-hydrogen) atoms. The molecule has 0 spiro atoms. The lowest BCUT2D eigenvalue weighted by Crippen LogP contribution is -2.51. The molecule has 2 aromatic rings. The van der Waals surface area contributed by atoms with Gasteiger partial charge in [0.05, 0.1) is 5.54 Å². The van der Waals surface area contributed by atoms with Gasteiger partial charge in [0.1, 0.15) is 0 Å². The molecule has 1 saturated carbocycles. The zero-order valence-corrected chi connectivity index (χ0v) is 16.1. The van der Waals surface area contributed by atoms with Crippen LogP contribution in [0.3, 0.4) is 0 Å². The van der Waals surface area contributed by atoms with Gasteiger partial charge in [-0.2, -0.15) is 0 Å². The van der Waals surface area contributed by atoms with Crippen molar-refractivity contribution in [2.45, 2.75) is 44.8 Å². The van der Waals surface area contributed by atoms with Gasteiger partial charge in [0.15, 0.2) is 0 Å². The highest BCUT2D eigenvalue weighted by atomic mass is 16.1. The van der Waals surface area contributed by atoms with Gasteiger partial charge in [-0.1, -0.05) is 24.3 Å². The van der Waals surface area contributed by atoms with E-state index in [2.05, 4.69) is 56.3 Å². The van der Waals surface area contributed by atoms with Crippen molar-refractivity contribution >= 4 is 11.9 Å². The van der Waals surface area contributed by atoms with Crippen LogP contribution in [0.5, 0.6) is 0 Å². The summed E-state index contributed by atoms with van der Waals surface area (Å²) in [4.78, 5) is 24.9. The van der Waals surface area contributed by atoms with E-state index in [1.54, 1.807) is 19.3 Å². The molecular formula is C21H27N5O. The molecule has 2 fully saturated rings. The largest absolute Gasteiger partial charge is 0.347 e. The first-order valence-electron chi connectivity index (χ1n) is 9.70. The summed E-state index contributed by atoms with van der Waals surface area (Å²) in [6.07, 6.45) is 5.67. The number of amides is 1. The Labute approximate surface area is 160 Å². The Bertz CT molecular complexity index is 788. The van der Waals surface area contributed by atoms with Crippen molar-refractivity contribution in [3.05, 3.63) is 53.9 Å². The normalized spacial score (nSPS) is 21.7. The van der Waals surface area contributed by atoms with Crippen LogP contribution >= 0.6 is 0 Å². The van der Waals surface area contributed by atoms with Crippen LogP contribution in [-0.4, -0.2) is 46.5 Å². The van der Waals surface area contributed by atoms with Crippen molar-refractivity contribution in [1.29, 1.82) is 0 Å². The summed E-state index contributed by atoms with van der Waals surface area (Å²) in [6.45, 7) is 7.68. The topological polar surface area (TPSA) is 61.4 Å². The lowest BCUT2D eigenvalue weighted by atomic mass is 10.0. The first kappa shape index (κ1) is 17.9. The maximum atomic E-state index is 11.4. The average molecular weight is 365 g/mol. The number of carbonyl (C=O) groups excluding carboxylic acids is 1. The molecule has 6 heteroatoms. The van der Waals surface area contributed by atoms with E-state index in [0.29, 0.717) is 6.04 Å². The fraction of sp³-hybridized carbons (Fsp3) is 0.476. The SMILES string of the molecule is CC(=O)NC1(c2ccc(CN3CCN(c4ncccn4)CC3C)cc2)CC1. The molecule has 1 aromatic heterocycles. The molecule has 2 heterocycles. The van der Waals surface area contributed by atoms with Crippen molar-refractivity contribution in [2.24, 2.45) is 0 Å². The zero-order valence-electron chi connectivity index (χ0n) is 16.1. The molecule has 6 nitrogen and oxygen atoms in total. The molecule has 1 atom stereocenters. The quantitative estimate of drug-likeness (QED) is 0.881. The Morgan fingerprint density at radius 3 is 2.48 bits per heavy atom. The minimum absolute atomic E-state index is 0.0469. The number of rotatable bonds is 5. The lowest BCUT2D eigenvalue weighted by Gasteiger charge is -2.39. The number of benzene rings is 1. The average Bonchev–Trinajstić information content (AvgIpc) is 3.44. The Hall–Kier alpha value is -2.47. The van der Waals surface area contributed by atoms with Crippen LogP contribution in [0.25, 0.3) is 0 Å². The van der Waals surface area contributed by atoms with E-state index >= 15 is 0 Å². The van der Waals surface area contributed by atoms with Crippen LogP contribution in [0.15, 0.2) is 42.7 Å². The molecule has 0 radical (unpaired) electrons. The number of hydrogen-bond acceptors (Lipinski definition) is 5. The van der Waals surface area contributed by atoms with Crippen molar-refractivity contribution in [3.8, 4) is 0 Å². The van der Waals surface area contributed by atoms with Gasteiger partial charge in [-0.15, -0.1) is 0 Å². The minimum Gasteiger partial charge on any atom is -0.347 e. The first-order chi connectivity index (χ1) is 13.1. The highest BCUT2D eigenvalue weighted by molar-refractivity contribution is 5.74. The molecule has 0 bridgehead atoms. The summed E-state index contributed by atoms with van der Waals surface area (Å²) in [7, 11) is 0. The van der Waals surface area contributed by atoms with Crippen LogP contribution in [0, 0.1) is 0 Å². The van der Waals surface area contributed by atoms with Crippen LogP contribution in [0.2, 0.25) is 0 Å². The minimum atomic E-state index is -0.112. The van der Waals surface area contributed by atoms with Crippen molar-refractivity contribution in [1.82, 2.24) is 20.2 Å². The second kappa shape index (κ2) is 7.27. The summed E-state index contributed by atoms with van der Waals surface area (Å²) in [6, 6.07) is 11.1. The van der Waals surface area contributed by atoms with Gasteiger partial charge < -0.3 is 10.2 Å². The molecule has 1 aliphatic carbocycles. The summed E-state index contributed by atoms with van der Waals surface area (Å²) >= 11 is 0. The molecule has 1 aromatic carbocycles. The van der Waals surface area contributed by atoms with Gasteiger partial charge in [-0.05, 0) is 37.0 Å². The number of carbonyl (C=O) groups is 1. The third-order valence-corrected chi connectivity index (χ3v) is 5.66. The van der Waals surface area contributed by atoms with E-state index in [9.17, 15) is 4.79 Å². The maximum Gasteiger partial charge on any atom is 0.225 e. The zero-order chi connectivity index (χ0) is 18.9. The van der Waals surface area contributed by atoms with Gasteiger partial charge in [0, 0.05) is 51.5 Å². The molecule has 4 rings (SSSR count). The Kier molecular flexibility index (Phi) is 4.83. The van der Waals surface area contributed by atoms with Crippen LogP contribution < -0.4 is 10.2 Å². The highest BCUT2D eigenvalue weighted by Gasteiger charge is 2.44. The van der Waals surface area contributed by atoms with E-state index in [1.807, 2.05) is 6.07 Å². The fourth-order valence-corrected chi connectivity index (χ4v) is 3.98. The number of hydrogen-bond donors (Lipinski definition) is 1. The third kappa shape index (κ3) is 3.95. The number of anilines is 1. The van der Waals surface area contributed by atoms with Gasteiger partial charge in [0.2, 0.25) is 11.9 Å². The summed E-state index contributed by atoms with van der Waals surface area (Å²) in [5.74, 6) is 0.867. The summed E-state index contributed by atoms with van der Waals surface area (Å²) in [5.41, 5.74) is 2.42. The third-order valence-electron chi connectivity index (χ3n) is 5.66. The molecule has 1 aliphatic heterocycles. The van der Waals surface area contributed by atoms with E-state index < -0.39 is 0 Å². The van der Waals surface area contributed by atoms with Gasteiger partial charge in [0.25, 0.3) is 0 Å². The molecule has 142 valence electrons. The maximum absolute atomic E-state index is 11.4. The number of nitrogens with zero attached hydrogens (tertiary/aromatic N) is 4. The predicted molar refractivity (Wildman–Crippen MR) is 105 cm³/mol. The standard InChI is InChI=1S/C21H27N5O/c1-16-14-26(20-22-10-3-11-23-20)13-12-25(16)15-18-4-6-19(7-5-18)21(8-9-21)24-17(2)27/h3-7,10-11,16H,8-9,12-15H2,1-2H3,(H,24,27). The number of aromatic nitrogens is 2. The van der Waals surface area contributed by atoms with Gasteiger partial charge in [-0.25, -0.2) is 9.97 Å². The second-order valence-corrected chi connectivity index (χ2v) is 7.77. The van der Waals surface area contributed by atoms with E-state index in [0.717, 1.165) is 45.0 Å². The summed E-state index contributed by atoms with van der Waals surface area (Å²) in [5, 5.41) is 3.11. The fourth-order valence-electron chi connectivity index (χ4n) is 3.98. The Morgan fingerprint density at radius 1 is 1.19 bits per heavy atom. The molecule has 1 saturated heterocycles. The van der Waals surface area contributed by atoms with E-state index in [1.165, 1.54) is 11.1 Å². The Balaban J connectivity index is 1.37. The summed E-state index contributed by atoms with van der Waals surface area (Å²) < 4.78 is 0. The molecule has 1 amide bonds. The van der Waals surface area contributed by atoms with Crippen LogP contribution in [0.4, 0.5) is 5.95 Å². The van der Waals surface area contributed by atoms with E-state index in [4.69, 9.17) is 0 Å². The molecular weight excluding hydrogens is 338 g/mol. The lowest BCUT2D eigenvalue weighted by molar-refractivity contribution is -0.120. The smallest absolute Gasteiger partial charge is 0.225 e. The van der Waals surface area contributed by atoms with Crippen LogP contribution in [0.1, 0.15) is 37.8 Å². The number of nitrogens with one attached hydrogen (secondary N) is 1. The number of piperazine rings is 1. The second-order valence-electron chi connectivity index (χ2n) is 7.77. The van der Waals surface area contributed by atoms with Crippen LogP contribution in [-0.2, 0) is 16.9 Å². The molecule has 1 unspecified atom stereocenters. The Morgan fingerprint density at radius 2 is 1.89 bits per heavy atom. The molecule has 1 N–H and O–H groups in total. The van der Waals surface area contributed by atoms with E-state index in [-0.39, 0.29) is 11.4 Å². The van der Waals surface area contributed by atoms with Gasteiger partial charge in [-0.3, -0.25) is 9.69 Å². The van der Waals surface area contributed by atoms with Crippen molar-refractivity contribution in [2.75, 3.05) is 24.5 Å². The van der Waals surface area contributed by atoms with Crippen molar-refractivity contribution < 1.29 is 4.79 Å². The predicted octanol–water partition coefficient (Wildman–Crippen LogP) is 2.31. The molecule has 2 aliphatic rings.